The van der Waals surface area contributed by atoms with E-state index < -0.39 is 43.6 Å². The molecule has 0 aliphatic heterocycles. The van der Waals surface area contributed by atoms with Gasteiger partial charge < -0.3 is 30.3 Å². The van der Waals surface area contributed by atoms with E-state index in [0.29, 0.717) is 0 Å². The summed E-state index contributed by atoms with van der Waals surface area (Å²) >= 11 is 0. The second-order valence-electron chi connectivity index (χ2n) is 4.08. The molecule has 0 saturated heterocycles. The van der Waals surface area contributed by atoms with Crippen LogP contribution in [0, 0.1) is 5.92 Å². The van der Waals surface area contributed by atoms with Crippen LogP contribution < -0.4 is 0 Å². The number of carbonyl (C=O) groups is 1. The minimum absolute atomic E-state index is 0.368. The van der Waals surface area contributed by atoms with E-state index >= 15 is 0 Å². The zero-order chi connectivity index (χ0) is 13.6. The Kier molecular flexibility index (Phi) is 7.24. The van der Waals surface area contributed by atoms with Crippen molar-refractivity contribution in [2.24, 2.45) is 5.92 Å². The fourth-order valence-electron chi connectivity index (χ4n) is 0.996. The molecule has 0 amide bonds. The summed E-state index contributed by atoms with van der Waals surface area (Å²) in [6.45, 7) is 1.97. The topological polar surface area (TPSA) is 127 Å². The molecular formula is C10H20O7. The van der Waals surface area contributed by atoms with Crippen LogP contribution >= 0.6 is 0 Å². The van der Waals surface area contributed by atoms with Crippen molar-refractivity contribution in [1.29, 1.82) is 0 Å². The number of aliphatic hydroxyl groups is 5. The monoisotopic (exact) mass is 252 g/mol. The van der Waals surface area contributed by atoms with Crippen molar-refractivity contribution < 1.29 is 35.1 Å². The van der Waals surface area contributed by atoms with Crippen LogP contribution in [0.3, 0.4) is 0 Å². The lowest BCUT2D eigenvalue weighted by Gasteiger charge is -2.25. The maximum Gasteiger partial charge on any atom is 0.308 e. The number of hydrogen-bond acceptors (Lipinski definition) is 7. The van der Waals surface area contributed by atoms with Crippen molar-refractivity contribution in [3.05, 3.63) is 0 Å². The summed E-state index contributed by atoms with van der Waals surface area (Å²) < 4.78 is 4.65. The van der Waals surface area contributed by atoms with E-state index in [9.17, 15) is 20.1 Å². The van der Waals surface area contributed by atoms with Gasteiger partial charge in [0.25, 0.3) is 0 Å². The van der Waals surface area contributed by atoms with Crippen LogP contribution in [-0.2, 0) is 9.53 Å². The number of aliphatic hydroxyl groups excluding tert-OH is 5. The Labute approximate surface area is 99.3 Å². The molecule has 0 unspecified atom stereocenters. The van der Waals surface area contributed by atoms with Gasteiger partial charge in [-0.05, 0) is 0 Å². The van der Waals surface area contributed by atoms with Gasteiger partial charge in [-0.25, -0.2) is 0 Å². The average molecular weight is 252 g/mol. The lowest BCUT2D eigenvalue weighted by Crippen LogP contribution is -2.47. The van der Waals surface area contributed by atoms with Crippen molar-refractivity contribution in [3.8, 4) is 0 Å². The van der Waals surface area contributed by atoms with Crippen LogP contribution in [0.5, 0.6) is 0 Å². The lowest BCUT2D eigenvalue weighted by molar-refractivity contribution is -0.159. The van der Waals surface area contributed by atoms with Gasteiger partial charge in [-0.15, -0.1) is 0 Å². The highest BCUT2D eigenvalue weighted by Gasteiger charge is 2.30. The summed E-state index contributed by atoms with van der Waals surface area (Å²) in [7, 11) is 0. The van der Waals surface area contributed by atoms with Gasteiger partial charge in [-0.1, -0.05) is 13.8 Å². The Hall–Kier alpha value is -0.730. The number of rotatable bonds is 7. The molecule has 0 radical (unpaired) electrons. The van der Waals surface area contributed by atoms with E-state index in [2.05, 4.69) is 4.74 Å². The Morgan fingerprint density at radius 2 is 1.53 bits per heavy atom. The molecule has 0 fully saturated rings. The predicted molar refractivity (Wildman–Crippen MR) is 56.9 cm³/mol. The van der Waals surface area contributed by atoms with Gasteiger partial charge in [-0.2, -0.15) is 0 Å². The zero-order valence-corrected chi connectivity index (χ0v) is 9.85. The van der Waals surface area contributed by atoms with Crippen LogP contribution in [-0.4, -0.2) is 69.1 Å². The normalized spacial score (nSPS) is 18.6. The van der Waals surface area contributed by atoms with Crippen molar-refractivity contribution in [1.82, 2.24) is 0 Å². The molecule has 0 aromatic heterocycles. The molecule has 0 saturated carbocycles. The van der Waals surface area contributed by atoms with Crippen LogP contribution in [0.4, 0.5) is 0 Å². The highest BCUT2D eigenvalue weighted by molar-refractivity contribution is 5.71. The lowest BCUT2D eigenvalue weighted by atomic mass is 10.0. The molecule has 102 valence electrons. The molecule has 7 nitrogen and oxygen atoms in total. The van der Waals surface area contributed by atoms with Crippen molar-refractivity contribution >= 4 is 5.97 Å². The highest BCUT2D eigenvalue weighted by Crippen LogP contribution is 2.06. The molecule has 0 spiro atoms. The summed E-state index contributed by atoms with van der Waals surface area (Å²) in [6.07, 6.45) is -6.53. The minimum Gasteiger partial charge on any atom is -0.463 e. The molecule has 7 heteroatoms. The van der Waals surface area contributed by atoms with Gasteiger partial charge in [0.15, 0.2) is 0 Å². The summed E-state index contributed by atoms with van der Waals surface area (Å²) in [5.74, 6) is -0.916. The Morgan fingerprint density at radius 1 is 1.06 bits per heavy atom. The Bertz CT molecular complexity index is 231. The number of carbonyl (C=O) groups excluding carboxylic acids is 1. The third-order valence-electron chi connectivity index (χ3n) is 2.19. The van der Waals surface area contributed by atoms with Gasteiger partial charge >= 0.3 is 5.97 Å². The summed E-state index contributed by atoms with van der Waals surface area (Å²) in [5, 5.41) is 45.6. The van der Waals surface area contributed by atoms with Crippen LogP contribution in [0.1, 0.15) is 13.8 Å². The fraction of sp³-hybridized carbons (Fsp3) is 0.900. The molecule has 4 atom stereocenters. The fourth-order valence-corrected chi connectivity index (χ4v) is 0.996. The molecule has 0 bridgehead atoms. The Balaban J connectivity index is 4.13. The molecule has 0 aromatic rings. The summed E-state index contributed by atoms with van der Waals surface area (Å²) in [5.41, 5.74) is 0. The maximum atomic E-state index is 11.1. The van der Waals surface area contributed by atoms with E-state index in [1.165, 1.54) is 0 Å². The first-order chi connectivity index (χ1) is 7.81. The van der Waals surface area contributed by atoms with Gasteiger partial charge in [0.1, 0.15) is 31.0 Å². The molecule has 0 aliphatic carbocycles. The van der Waals surface area contributed by atoms with E-state index in [-0.39, 0.29) is 5.92 Å². The zero-order valence-electron chi connectivity index (χ0n) is 9.85. The number of hydrogen-bond donors (Lipinski definition) is 5. The second kappa shape index (κ2) is 7.57. The summed E-state index contributed by atoms with van der Waals surface area (Å²) in [4.78, 5) is 11.1. The number of ether oxygens (including phenoxy) is 1. The molecule has 17 heavy (non-hydrogen) atoms. The van der Waals surface area contributed by atoms with E-state index in [1.807, 2.05) is 0 Å². The van der Waals surface area contributed by atoms with Crippen molar-refractivity contribution in [3.63, 3.8) is 0 Å². The predicted octanol–water partition coefficient (Wildman–Crippen LogP) is -2.38. The van der Waals surface area contributed by atoms with Gasteiger partial charge in [0.05, 0.1) is 12.5 Å². The third-order valence-corrected chi connectivity index (χ3v) is 2.19. The van der Waals surface area contributed by atoms with E-state index in [0.717, 1.165) is 0 Å². The first kappa shape index (κ1) is 16.3. The highest BCUT2D eigenvalue weighted by atomic mass is 16.5. The molecule has 0 heterocycles. The average Bonchev–Trinajstić information content (AvgIpc) is 2.32. The van der Waals surface area contributed by atoms with E-state index in [1.54, 1.807) is 13.8 Å². The van der Waals surface area contributed by atoms with E-state index in [4.69, 9.17) is 10.2 Å². The molecule has 0 rings (SSSR count). The minimum atomic E-state index is -1.72. The first-order valence-corrected chi connectivity index (χ1v) is 5.31. The quantitative estimate of drug-likeness (QED) is 0.320. The van der Waals surface area contributed by atoms with Crippen molar-refractivity contribution in [2.45, 2.75) is 38.3 Å². The molecule has 0 aliphatic rings. The standard InChI is InChI=1S/C10H20O7/c1-5(2)10(16)17-4-7(13)9(15)8(14)6(12)3-11/h5-9,11-15H,3-4H2,1-2H3/t6-,7+,8-,9-/m1/s1. The van der Waals surface area contributed by atoms with Crippen LogP contribution in [0.25, 0.3) is 0 Å². The number of esters is 1. The second-order valence-corrected chi connectivity index (χ2v) is 4.08. The molecule has 0 aromatic carbocycles. The first-order valence-electron chi connectivity index (χ1n) is 5.31. The Morgan fingerprint density at radius 3 is 1.94 bits per heavy atom. The van der Waals surface area contributed by atoms with Gasteiger partial charge in [0.2, 0.25) is 0 Å². The molecular weight excluding hydrogens is 232 g/mol. The van der Waals surface area contributed by atoms with Crippen LogP contribution in [0.2, 0.25) is 0 Å². The van der Waals surface area contributed by atoms with Gasteiger partial charge in [0, 0.05) is 0 Å². The maximum absolute atomic E-state index is 11.1. The summed E-state index contributed by atoms with van der Waals surface area (Å²) in [6, 6.07) is 0. The van der Waals surface area contributed by atoms with Crippen molar-refractivity contribution in [2.75, 3.05) is 13.2 Å². The third kappa shape index (κ3) is 5.42. The SMILES string of the molecule is CC(C)C(=O)OC[C@H](O)[C@@H](O)[C@H](O)[C@H](O)CO. The largest absolute Gasteiger partial charge is 0.463 e. The smallest absolute Gasteiger partial charge is 0.308 e. The molecule has 5 N–H and O–H groups in total. The van der Waals surface area contributed by atoms with Crippen LogP contribution in [0.15, 0.2) is 0 Å². The van der Waals surface area contributed by atoms with Gasteiger partial charge in [-0.3, -0.25) is 4.79 Å².